The van der Waals surface area contributed by atoms with Gasteiger partial charge in [0.05, 0.1) is 12.6 Å². The summed E-state index contributed by atoms with van der Waals surface area (Å²) in [5.41, 5.74) is 3.05. The van der Waals surface area contributed by atoms with Crippen molar-refractivity contribution in [3.05, 3.63) is 83.9 Å². The molecular formula is C24H27N5O. The molecule has 2 saturated heterocycles. The Morgan fingerprint density at radius 3 is 2.63 bits per heavy atom. The van der Waals surface area contributed by atoms with Crippen molar-refractivity contribution in [3.8, 4) is 0 Å². The van der Waals surface area contributed by atoms with Crippen LogP contribution in [0.3, 0.4) is 0 Å². The molecule has 5 rings (SSSR count). The number of benzene rings is 1. The fourth-order valence-electron chi connectivity index (χ4n) is 5.16. The maximum absolute atomic E-state index is 13.4. The Bertz CT molecular complexity index is 1000. The van der Waals surface area contributed by atoms with Gasteiger partial charge >= 0.3 is 0 Å². The number of likely N-dealkylation sites (tertiary alicyclic amines) is 2. The first-order valence-corrected chi connectivity index (χ1v) is 10.7. The minimum Gasteiger partial charge on any atom is -0.330 e. The summed E-state index contributed by atoms with van der Waals surface area (Å²) in [6, 6.07) is 16.1. The molecule has 1 aromatic carbocycles. The summed E-state index contributed by atoms with van der Waals surface area (Å²) >= 11 is 0. The van der Waals surface area contributed by atoms with Crippen LogP contribution in [0.1, 0.15) is 27.7 Å². The van der Waals surface area contributed by atoms with Gasteiger partial charge in [-0.1, -0.05) is 30.3 Å². The second-order valence-electron chi connectivity index (χ2n) is 8.43. The van der Waals surface area contributed by atoms with Crippen molar-refractivity contribution in [2.75, 3.05) is 26.2 Å². The highest BCUT2D eigenvalue weighted by Gasteiger charge is 2.49. The molecule has 2 aliphatic rings. The van der Waals surface area contributed by atoms with Crippen LogP contribution >= 0.6 is 0 Å². The summed E-state index contributed by atoms with van der Waals surface area (Å²) in [7, 11) is 0. The van der Waals surface area contributed by atoms with E-state index >= 15 is 0 Å². The maximum atomic E-state index is 13.4. The monoisotopic (exact) mass is 401 g/mol. The van der Waals surface area contributed by atoms with Crippen molar-refractivity contribution in [3.63, 3.8) is 0 Å². The highest BCUT2D eigenvalue weighted by molar-refractivity contribution is 5.92. The molecule has 2 aliphatic heterocycles. The predicted molar refractivity (Wildman–Crippen MR) is 115 cm³/mol. The molecule has 0 aliphatic carbocycles. The maximum Gasteiger partial charge on any atom is 0.272 e. The van der Waals surface area contributed by atoms with E-state index in [2.05, 4.69) is 51.1 Å². The van der Waals surface area contributed by atoms with Crippen LogP contribution in [0.15, 0.2) is 67.1 Å². The average Bonchev–Trinajstić information content (AvgIpc) is 3.49. The number of rotatable bonds is 5. The van der Waals surface area contributed by atoms with Crippen LogP contribution in [0, 0.1) is 18.8 Å². The van der Waals surface area contributed by atoms with Crippen LogP contribution in [-0.2, 0) is 6.54 Å². The fourth-order valence-corrected chi connectivity index (χ4v) is 5.16. The lowest BCUT2D eigenvalue weighted by atomic mass is 9.87. The summed E-state index contributed by atoms with van der Waals surface area (Å²) in [6.45, 7) is 6.87. The van der Waals surface area contributed by atoms with Gasteiger partial charge in [0, 0.05) is 50.7 Å². The highest BCUT2D eigenvalue weighted by atomic mass is 16.2. The van der Waals surface area contributed by atoms with E-state index in [1.54, 1.807) is 6.20 Å². The second-order valence-corrected chi connectivity index (χ2v) is 8.43. The molecule has 154 valence electrons. The summed E-state index contributed by atoms with van der Waals surface area (Å²) in [5.74, 6) is 0.970. The van der Waals surface area contributed by atoms with E-state index in [4.69, 9.17) is 0 Å². The van der Waals surface area contributed by atoms with Crippen LogP contribution in [0.2, 0.25) is 0 Å². The first-order valence-electron chi connectivity index (χ1n) is 10.7. The number of pyridine rings is 1. The first-order chi connectivity index (χ1) is 14.7. The zero-order valence-electron chi connectivity index (χ0n) is 17.3. The van der Waals surface area contributed by atoms with Crippen molar-refractivity contribution in [2.45, 2.75) is 19.5 Å². The van der Waals surface area contributed by atoms with Crippen molar-refractivity contribution in [1.82, 2.24) is 24.6 Å². The van der Waals surface area contributed by atoms with Crippen LogP contribution < -0.4 is 0 Å². The molecule has 6 heteroatoms. The molecule has 2 aromatic heterocycles. The van der Waals surface area contributed by atoms with E-state index in [0.29, 0.717) is 17.5 Å². The standard InChI is InChI=1S/C24H27N5O/c1-18-7-2-3-8-20(18)23-21-17-27(13-14-28-12-6-11-26-28)15-19(21)16-29(23)24(30)22-9-4-5-10-25-22/h2-12,19,21,23H,13-17H2,1H3/t19-,21-,23+/m0/s1. The highest BCUT2D eigenvalue weighted by Crippen LogP contribution is 2.46. The number of aryl methyl sites for hydroxylation is 1. The molecule has 0 unspecified atom stereocenters. The Balaban J connectivity index is 1.39. The van der Waals surface area contributed by atoms with Crippen molar-refractivity contribution < 1.29 is 4.79 Å². The molecule has 2 fully saturated rings. The average molecular weight is 402 g/mol. The topological polar surface area (TPSA) is 54.3 Å². The predicted octanol–water partition coefficient (Wildman–Crippen LogP) is 3.03. The second kappa shape index (κ2) is 8.03. The molecule has 1 amide bonds. The third-order valence-corrected chi connectivity index (χ3v) is 6.60. The van der Waals surface area contributed by atoms with E-state index in [-0.39, 0.29) is 11.9 Å². The summed E-state index contributed by atoms with van der Waals surface area (Å²) in [6.07, 6.45) is 5.54. The van der Waals surface area contributed by atoms with Gasteiger partial charge < -0.3 is 9.80 Å². The van der Waals surface area contributed by atoms with E-state index in [0.717, 1.165) is 32.7 Å². The van der Waals surface area contributed by atoms with Crippen molar-refractivity contribution in [2.24, 2.45) is 11.8 Å². The largest absolute Gasteiger partial charge is 0.330 e. The lowest BCUT2D eigenvalue weighted by Gasteiger charge is -2.30. The molecular weight excluding hydrogens is 374 g/mol. The molecule has 30 heavy (non-hydrogen) atoms. The van der Waals surface area contributed by atoms with E-state index in [1.165, 1.54) is 11.1 Å². The number of fused-ring (bicyclic) bond motifs is 1. The number of hydrogen-bond donors (Lipinski definition) is 0. The van der Waals surface area contributed by atoms with Crippen LogP contribution in [0.4, 0.5) is 0 Å². The number of carbonyl (C=O) groups excluding carboxylic acids is 1. The van der Waals surface area contributed by atoms with E-state index in [9.17, 15) is 4.79 Å². The molecule has 3 aromatic rings. The van der Waals surface area contributed by atoms with Gasteiger partial charge in [-0.15, -0.1) is 0 Å². The van der Waals surface area contributed by atoms with Gasteiger partial charge in [-0.2, -0.15) is 5.10 Å². The van der Waals surface area contributed by atoms with Crippen molar-refractivity contribution in [1.29, 1.82) is 0 Å². The minimum absolute atomic E-state index is 0.0429. The molecule has 6 nitrogen and oxygen atoms in total. The summed E-state index contributed by atoms with van der Waals surface area (Å²) < 4.78 is 1.99. The Hall–Kier alpha value is -2.99. The summed E-state index contributed by atoms with van der Waals surface area (Å²) in [5, 5.41) is 4.32. The zero-order chi connectivity index (χ0) is 20.5. The smallest absolute Gasteiger partial charge is 0.272 e. The van der Waals surface area contributed by atoms with Crippen LogP contribution in [0.25, 0.3) is 0 Å². The third-order valence-electron chi connectivity index (χ3n) is 6.60. The van der Waals surface area contributed by atoms with Gasteiger partial charge in [-0.05, 0) is 42.2 Å². The zero-order valence-corrected chi connectivity index (χ0v) is 17.3. The molecule has 4 heterocycles. The number of carbonyl (C=O) groups is 1. The van der Waals surface area contributed by atoms with Gasteiger partial charge in [0.2, 0.25) is 0 Å². The molecule has 0 N–H and O–H groups in total. The minimum atomic E-state index is 0.0429. The Kier molecular flexibility index (Phi) is 5.09. The Morgan fingerprint density at radius 1 is 1.00 bits per heavy atom. The van der Waals surface area contributed by atoms with Gasteiger partial charge in [0.15, 0.2) is 0 Å². The number of amides is 1. The van der Waals surface area contributed by atoms with Gasteiger partial charge in [0.1, 0.15) is 5.69 Å². The van der Waals surface area contributed by atoms with E-state index < -0.39 is 0 Å². The fraction of sp³-hybridized carbons (Fsp3) is 0.375. The van der Waals surface area contributed by atoms with Gasteiger partial charge in [-0.25, -0.2) is 0 Å². The lowest BCUT2D eigenvalue weighted by molar-refractivity contribution is 0.0694. The molecule has 3 atom stereocenters. The lowest BCUT2D eigenvalue weighted by Crippen LogP contribution is -2.37. The number of aromatic nitrogens is 3. The molecule has 0 spiro atoms. The third kappa shape index (κ3) is 3.52. The molecule has 0 radical (unpaired) electrons. The quantitative estimate of drug-likeness (QED) is 0.659. The Morgan fingerprint density at radius 2 is 1.87 bits per heavy atom. The molecule has 0 bridgehead atoms. The molecule has 0 saturated carbocycles. The number of nitrogens with zero attached hydrogens (tertiary/aromatic N) is 5. The Labute approximate surface area is 177 Å². The normalized spacial score (nSPS) is 23.6. The van der Waals surface area contributed by atoms with Crippen LogP contribution in [-0.4, -0.2) is 56.7 Å². The van der Waals surface area contributed by atoms with Crippen molar-refractivity contribution >= 4 is 5.91 Å². The van der Waals surface area contributed by atoms with E-state index in [1.807, 2.05) is 41.3 Å². The van der Waals surface area contributed by atoms with Gasteiger partial charge in [0.25, 0.3) is 5.91 Å². The van der Waals surface area contributed by atoms with Gasteiger partial charge in [-0.3, -0.25) is 14.5 Å². The summed E-state index contributed by atoms with van der Waals surface area (Å²) in [4.78, 5) is 22.3. The van der Waals surface area contributed by atoms with Crippen LogP contribution in [0.5, 0.6) is 0 Å². The SMILES string of the molecule is Cc1ccccc1[C@@H]1[C@H]2CN(CCn3cccn3)C[C@H]2CN1C(=O)c1ccccn1. The first kappa shape index (κ1) is 19.0. The number of hydrogen-bond acceptors (Lipinski definition) is 4.